The molecule has 1 aromatic carbocycles. The zero-order valence-corrected chi connectivity index (χ0v) is 17.5. The number of hydrogen-bond donors (Lipinski definition) is 1. The average Bonchev–Trinajstić information content (AvgIpc) is 3.09. The van der Waals surface area contributed by atoms with Gasteiger partial charge in [0.2, 0.25) is 5.91 Å². The number of carbonyl (C=O) groups excluding carboxylic acids is 1. The highest BCUT2D eigenvalue weighted by molar-refractivity contribution is 7.17. The van der Waals surface area contributed by atoms with Crippen molar-refractivity contribution in [1.29, 1.82) is 0 Å². The summed E-state index contributed by atoms with van der Waals surface area (Å²) in [5.41, 5.74) is 1.68. The average molecular weight is 398 g/mol. The molecule has 28 heavy (non-hydrogen) atoms. The molecule has 0 saturated heterocycles. The van der Waals surface area contributed by atoms with Gasteiger partial charge in [-0.2, -0.15) is 0 Å². The maximum atomic E-state index is 13.0. The predicted molar refractivity (Wildman–Crippen MR) is 116 cm³/mol. The number of nitrogens with zero attached hydrogens (tertiary/aromatic N) is 2. The summed E-state index contributed by atoms with van der Waals surface area (Å²) in [6.07, 6.45) is 4.65. The van der Waals surface area contributed by atoms with Gasteiger partial charge in [0.1, 0.15) is 11.4 Å². The zero-order valence-electron chi connectivity index (χ0n) is 16.6. The van der Waals surface area contributed by atoms with E-state index in [0.29, 0.717) is 16.1 Å². The van der Waals surface area contributed by atoms with Gasteiger partial charge in [-0.05, 0) is 24.8 Å². The molecule has 2 heterocycles. The van der Waals surface area contributed by atoms with E-state index in [4.69, 9.17) is 0 Å². The van der Waals surface area contributed by atoms with Crippen molar-refractivity contribution < 1.29 is 4.79 Å². The third-order valence-corrected chi connectivity index (χ3v) is 5.67. The first-order chi connectivity index (χ1) is 13.5. The van der Waals surface area contributed by atoms with E-state index < -0.39 is 0 Å². The van der Waals surface area contributed by atoms with Crippen molar-refractivity contribution in [1.82, 2.24) is 14.9 Å². The van der Waals surface area contributed by atoms with E-state index in [1.54, 1.807) is 0 Å². The Morgan fingerprint density at radius 3 is 2.64 bits per heavy atom. The summed E-state index contributed by atoms with van der Waals surface area (Å²) in [7, 11) is 0. The lowest BCUT2D eigenvalue weighted by Crippen LogP contribution is -2.37. The summed E-state index contributed by atoms with van der Waals surface area (Å²) in [4.78, 5) is 30.5. The molecule has 2 aromatic heterocycles. The third-order valence-electron chi connectivity index (χ3n) is 4.79. The van der Waals surface area contributed by atoms with E-state index in [2.05, 4.69) is 24.1 Å². The van der Waals surface area contributed by atoms with E-state index in [1.807, 2.05) is 42.6 Å². The van der Waals surface area contributed by atoms with Crippen LogP contribution in [0.1, 0.15) is 40.0 Å². The van der Waals surface area contributed by atoms with Gasteiger partial charge < -0.3 is 5.32 Å². The molecule has 3 aromatic rings. The Labute approximate surface area is 169 Å². The Kier molecular flexibility index (Phi) is 6.62. The fourth-order valence-electron chi connectivity index (χ4n) is 3.29. The van der Waals surface area contributed by atoms with Gasteiger partial charge in [-0.25, -0.2) is 4.98 Å². The number of amides is 1. The molecule has 148 valence electrons. The molecule has 1 atom stereocenters. The van der Waals surface area contributed by atoms with Crippen LogP contribution in [0.3, 0.4) is 0 Å². The number of nitrogens with one attached hydrogen (secondary N) is 1. The largest absolute Gasteiger partial charge is 0.352 e. The smallest absolute Gasteiger partial charge is 0.263 e. The molecule has 0 bridgehead atoms. The molecule has 0 spiro atoms. The number of benzene rings is 1. The molecule has 0 saturated carbocycles. The summed E-state index contributed by atoms with van der Waals surface area (Å²) in [5, 5.41) is 5.53. The monoisotopic (exact) mass is 397 g/mol. The quantitative estimate of drug-likeness (QED) is 0.610. The van der Waals surface area contributed by atoms with Crippen molar-refractivity contribution in [3.8, 4) is 11.1 Å². The van der Waals surface area contributed by atoms with E-state index in [0.717, 1.165) is 30.4 Å². The molecule has 1 amide bonds. The van der Waals surface area contributed by atoms with Gasteiger partial charge in [0.05, 0.1) is 11.7 Å². The van der Waals surface area contributed by atoms with Crippen molar-refractivity contribution in [2.24, 2.45) is 5.92 Å². The fraction of sp³-hybridized carbons (Fsp3) is 0.409. The van der Waals surface area contributed by atoms with E-state index >= 15 is 0 Å². The standard InChI is InChI=1S/C22H27N3O2S/c1-15(2)8-7-9-16(3)24-19(26)12-25-14-23-21-20(22(25)27)18(13-28-21)17-10-5-4-6-11-17/h4-6,10-11,13-16H,7-9,12H2,1-3H3,(H,24,26)/t16-/m1/s1. The Hall–Kier alpha value is -2.47. The van der Waals surface area contributed by atoms with Crippen molar-refractivity contribution in [3.05, 3.63) is 52.4 Å². The molecule has 0 fully saturated rings. The highest BCUT2D eigenvalue weighted by atomic mass is 32.1. The highest BCUT2D eigenvalue weighted by Gasteiger charge is 2.15. The second kappa shape index (κ2) is 9.15. The molecule has 0 unspecified atom stereocenters. The van der Waals surface area contributed by atoms with Crippen LogP contribution < -0.4 is 10.9 Å². The number of fused-ring (bicyclic) bond motifs is 1. The van der Waals surface area contributed by atoms with Crippen molar-refractivity contribution >= 4 is 27.5 Å². The Morgan fingerprint density at radius 1 is 1.18 bits per heavy atom. The first-order valence-corrected chi connectivity index (χ1v) is 10.6. The molecular weight excluding hydrogens is 370 g/mol. The number of hydrogen-bond acceptors (Lipinski definition) is 4. The van der Waals surface area contributed by atoms with E-state index in [-0.39, 0.29) is 24.1 Å². The minimum atomic E-state index is -0.173. The number of rotatable bonds is 8. The Morgan fingerprint density at radius 2 is 1.93 bits per heavy atom. The zero-order chi connectivity index (χ0) is 20.1. The van der Waals surface area contributed by atoms with Gasteiger partial charge in [0.25, 0.3) is 5.56 Å². The Balaban J connectivity index is 1.74. The lowest BCUT2D eigenvalue weighted by molar-refractivity contribution is -0.122. The van der Waals surface area contributed by atoms with Crippen LogP contribution in [0.4, 0.5) is 0 Å². The van der Waals surface area contributed by atoms with Crippen LogP contribution in [0.2, 0.25) is 0 Å². The van der Waals surface area contributed by atoms with E-state index in [1.165, 1.54) is 22.2 Å². The Bertz CT molecular complexity index is 992. The molecule has 1 N–H and O–H groups in total. The molecule has 0 aliphatic heterocycles. The van der Waals surface area contributed by atoms with Crippen molar-refractivity contribution in [2.75, 3.05) is 0 Å². The maximum absolute atomic E-state index is 13.0. The fourth-order valence-corrected chi connectivity index (χ4v) is 4.20. The molecule has 6 heteroatoms. The highest BCUT2D eigenvalue weighted by Crippen LogP contribution is 2.30. The second-order valence-electron chi connectivity index (χ2n) is 7.67. The van der Waals surface area contributed by atoms with Gasteiger partial charge in [0.15, 0.2) is 0 Å². The molecular formula is C22H27N3O2S. The summed E-state index contributed by atoms with van der Waals surface area (Å²) >= 11 is 1.45. The third kappa shape index (κ3) is 4.87. The predicted octanol–water partition coefficient (Wildman–Crippen LogP) is 4.46. The minimum Gasteiger partial charge on any atom is -0.352 e. The molecule has 0 aliphatic rings. The molecule has 0 aliphatic carbocycles. The van der Waals surface area contributed by atoms with Gasteiger partial charge in [-0.3, -0.25) is 14.2 Å². The van der Waals surface area contributed by atoms with Crippen molar-refractivity contribution in [2.45, 2.75) is 52.6 Å². The second-order valence-corrected chi connectivity index (χ2v) is 8.52. The van der Waals surface area contributed by atoms with Crippen LogP contribution in [0.25, 0.3) is 21.3 Å². The van der Waals surface area contributed by atoms with Crippen LogP contribution in [0, 0.1) is 5.92 Å². The minimum absolute atomic E-state index is 0.0135. The molecule has 3 rings (SSSR count). The van der Waals surface area contributed by atoms with Crippen LogP contribution in [0.5, 0.6) is 0 Å². The number of thiophene rings is 1. The number of carbonyl (C=O) groups is 1. The first-order valence-electron chi connectivity index (χ1n) is 9.77. The van der Waals surface area contributed by atoms with Gasteiger partial charge in [0, 0.05) is 17.0 Å². The van der Waals surface area contributed by atoms with Gasteiger partial charge in [-0.1, -0.05) is 57.0 Å². The van der Waals surface area contributed by atoms with Crippen LogP contribution in [0.15, 0.2) is 46.8 Å². The lowest BCUT2D eigenvalue weighted by atomic mass is 10.0. The van der Waals surface area contributed by atoms with Gasteiger partial charge >= 0.3 is 0 Å². The van der Waals surface area contributed by atoms with Crippen LogP contribution in [-0.2, 0) is 11.3 Å². The number of aromatic nitrogens is 2. The summed E-state index contributed by atoms with van der Waals surface area (Å²) in [5.74, 6) is 0.514. The van der Waals surface area contributed by atoms with Gasteiger partial charge in [-0.15, -0.1) is 11.3 Å². The summed E-state index contributed by atoms with van der Waals surface area (Å²) in [6.45, 7) is 6.40. The van der Waals surface area contributed by atoms with Crippen LogP contribution in [-0.4, -0.2) is 21.5 Å². The topological polar surface area (TPSA) is 64.0 Å². The van der Waals surface area contributed by atoms with Crippen molar-refractivity contribution in [3.63, 3.8) is 0 Å². The summed E-state index contributed by atoms with van der Waals surface area (Å²) in [6, 6.07) is 9.89. The maximum Gasteiger partial charge on any atom is 0.263 e. The summed E-state index contributed by atoms with van der Waals surface area (Å²) < 4.78 is 1.40. The van der Waals surface area contributed by atoms with Crippen LogP contribution >= 0.6 is 11.3 Å². The SMILES string of the molecule is CC(C)CCC[C@@H](C)NC(=O)Cn1cnc2scc(-c3ccccc3)c2c1=O. The molecule has 5 nitrogen and oxygen atoms in total. The molecule has 0 radical (unpaired) electrons. The van der Waals surface area contributed by atoms with E-state index in [9.17, 15) is 9.59 Å². The lowest BCUT2D eigenvalue weighted by Gasteiger charge is -2.15. The normalized spacial score (nSPS) is 12.4. The first kappa shape index (κ1) is 20.3.